The molecule has 0 radical (unpaired) electrons. The number of carboxylic acids is 1. The van der Waals surface area contributed by atoms with Gasteiger partial charge in [0.05, 0.1) is 0 Å². The van der Waals surface area contributed by atoms with Gasteiger partial charge in [-0.05, 0) is 42.0 Å². The van der Waals surface area contributed by atoms with Gasteiger partial charge in [-0.2, -0.15) is 5.26 Å². The van der Waals surface area contributed by atoms with Crippen molar-refractivity contribution < 1.29 is 19.4 Å². The van der Waals surface area contributed by atoms with E-state index in [0.717, 1.165) is 4.47 Å². The van der Waals surface area contributed by atoms with E-state index in [4.69, 9.17) is 9.84 Å². The van der Waals surface area contributed by atoms with Gasteiger partial charge in [0.2, 0.25) is 0 Å². The highest BCUT2D eigenvalue weighted by atomic mass is 79.9. The lowest BCUT2D eigenvalue weighted by Gasteiger charge is -2.05. The number of hydrogen-bond acceptors (Lipinski definition) is 4. The van der Waals surface area contributed by atoms with Gasteiger partial charge in [0.25, 0.3) is 5.91 Å². The summed E-state index contributed by atoms with van der Waals surface area (Å²) in [5.41, 5.74) is 1.13. The molecule has 2 N–H and O–H groups in total. The maximum absolute atomic E-state index is 12.2. The molecule has 2 aromatic carbocycles. The van der Waals surface area contributed by atoms with Crippen LogP contribution in [0.1, 0.15) is 5.56 Å². The molecule has 0 saturated heterocycles. The topological polar surface area (TPSA) is 99.4 Å². The first-order chi connectivity index (χ1) is 12.0. The number of carbonyl (C=O) groups is 2. The van der Waals surface area contributed by atoms with E-state index in [9.17, 15) is 14.9 Å². The average Bonchev–Trinajstić information content (AvgIpc) is 2.58. The number of nitriles is 1. The quantitative estimate of drug-likeness (QED) is 0.571. The minimum atomic E-state index is -1.07. The molecule has 0 aromatic heterocycles. The Hall–Kier alpha value is -3.11. The number of carbonyl (C=O) groups excluding carboxylic acids is 1. The molecule has 0 aliphatic carbocycles. The lowest BCUT2D eigenvalue weighted by molar-refractivity contribution is -0.139. The molecule has 0 saturated carbocycles. The normalized spacial score (nSPS) is 10.6. The predicted octanol–water partition coefficient (Wildman–Crippen LogP) is 3.46. The molecule has 2 rings (SSSR count). The van der Waals surface area contributed by atoms with Crippen LogP contribution in [0.3, 0.4) is 0 Å². The number of ether oxygens (including phenoxy) is 1. The number of aliphatic carboxylic acids is 1. The molecule has 0 unspecified atom stereocenters. The van der Waals surface area contributed by atoms with Crippen LogP contribution in [0.4, 0.5) is 5.69 Å². The van der Waals surface area contributed by atoms with E-state index in [1.807, 2.05) is 12.1 Å². The molecular weight excluding hydrogens is 388 g/mol. The van der Waals surface area contributed by atoms with Crippen LogP contribution in [-0.4, -0.2) is 23.6 Å². The second kappa shape index (κ2) is 8.66. The zero-order valence-electron chi connectivity index (χ0n) is 12.9. The van der Waals surface area contributed by atoms with Gasteiger partial charge in [-0.15, -0.1) is 0 Å². The molecule has 0 spiro atoms. The smallest absolute Gasteiger partial charge is 0.341 e. The first kappa shape index (κ1) is 18.2. The van der Waals surface area contributed by atoms with E-state index < -0.39 is 18.5 Å². The number of halogens is 1. The molecule has 2 aromatic rings. The molecule has 0 heterocycles. The van der Waals surface area contributed by atoms with Crippen LogP contribution in [0.15, 0.2) is 58.6 Å². The Bertz CT molecular complexity index is 854. The SMILES string of the molecule is N#C/C(=C\c1ccc(OCC(=O)O)cc1)C(=O)Nc1cccc(Br)c1. The average molecular weight is 401 g/mol. The van der Waals surface area contributed by atoms with Crippen molar-refractivity contribution in [2.45, 2.75) is 0 Å². The third-order valence-corrected chi connectivity index (χ3v) is 3.49. The Morgan fingerprint density at radius 3 is 2.56 bits per heavy atom. The third kappa shape index (κ3) is 5.79. The summed E-state index contributed by atoms with van der Waals surface area (Å²) < 4.78 is 5.83. The number of nitrogens with one attached hydrogen (secondary N) is 1. The van der Waals surface area contributed by atoms with Crippen molar-refractivity contribution in [3.63, 3.8) is 0 Å². The lowest BCUT2D eigenvalue weighted by atomic mass is 10.1. The molecule has 25 heavy (non-hydrogen) atoms. The van der Waals surface area contributed by atoms with Gasteiger partial charge in [0.1, 0.15) is 17.4 Å². The largest absolute Gasteiger partial charge is 0.482 e. The first-order valence-corrected chi connectivity index (χ1v) is 7.90. The molecule has 0 aliphatic heterocycles. The molecule has 0 fully saturated rings. The summed E-state index contributed by atoms with van der Waals surface area (Å²) >= 11 is 3.31. The van der Waals surface area contributed by atoms with Gasteiger partial charge in [-0.3, -0.25) is 4.79 Å². The highest BCUT2D eigenvalue weighted by Crippen LogP contribution is 2.18. The monoisotopic (exact) mass is 400 g/mol. The van der Waals surface area contributed by atoms with Crippen molar-refractivity contribution in [2.75, 3.05) is 11.9 Å². The van der Waals surface area contributed by atoms with Crippen molar-refractivity contribution >= 4 is 39.6 Å². The predicted molar refractivity (Wildman–Crippen MR) is 95.9 cm³/mol. The van der Waals surface area contributed by atoms with E-state index in [1.54, 1.807) is 42.5 Å². The molecular formula is C18H13BrN2O4. The summed E-state index contributed by atoms with van der Waals surface area (Å²) in [5.74, 6) is -1.21. The van der Waals surface area contributed by atoms with Gasteiger partial charge in [0, 0.05) is 10.2 Å². The van der Waals surface area contributed by atoms with Gasteiger partial charge in [-0.25, -0.2) is 4.79 Å². The minimum Gasteiger partial charge on any atom is -0.482 e. The summed E-state index contributed by atoms with van der Waals surface area (Å²) in [6.07, 6.45) is 1.44. The number of rotatable bonds is 6. The second-order valence-electron chi connectivity index (χ2n) is 4.89. The van der Waals surface area contributed by atoms with Crippen molar-refractivity contribution in [1.82, 2.24) is 0 Å². The minimum absolute atomic E-state index is 0.0563. The van der Waals surface area contributed by atoms with Crippen molar-refractivity contribution in [2.24, 2.45) is 0 Å². The number of carboxylic acid groups (broad SMARTS) is 1. The van der Waals surface area contributed by atoms with E-state index in [2.05, 4.69) is 21.2 Å². The maximum atomic E-state index is 12.2. The van der Waals surface area contributed by atoms with Gasteiger partial charge in [0.15, 0.2) is 6.61 Å². The second-order valence-corrected chi connectivity index (χ2v) is 5.80. The molecule has 0 atom stereocenters. The van der Waals surface area contributed by atoms with Crippen LogP contribution in [0, 0.1) is 11.3 Å². The standard InChI is InChI=1S/C18H13BrN2O4/c19-14-2-1-3-15(9-14)21-18(24)13(10-20)8-12-4-6-16(7-5-12)25-11-17(22)23/h1-9H,11H2,(H,21,24)(H,22,23)/b13-8+. The van der Waals surface area contributed by atoms with Crippen molar-refractivity contribution in [1.29, 1.82) is 5.26 Å². The fourth-order valence-corrected chi connectivity index (χ4v) is 2.28. The zero-order chi connectivity index (χ0) is 18.2. The summed E-state index contributed by atoms with van der Waals surface area (Å²) in [5, 5.41) is 20.4. The number of anilines is 1. The molecule has 7 heteroatoms. The highest BCUT2D eigenvalue weighted by molar-refractivity contribution is 9.10. The van der Waals surface area contributed by atoms with E-state index in [1.165, 1.54) is 6.08 Å². The fraction of sp³-hybridized carbons (Fsp3) is 0.0556. The Morgan fingerprint density at radius 1 is 1.24 bits per heavy atom. The maximum Gasteiger partial charge on any atom is 0.341 e. The van der Waals surface area contributed by atoms with Crippen LogP contribution >= 0.6 is 15.9 Å². The number of amides is 1. The number of nitrogens with zero attached hydrogens (tertiary/aromatic N) is 1. The van der Waals surface area contributed by atoms with E-state index in [0.29, 0.717) is 17.0 Å². The Morgan fingerprint density at radius 2 is 1.96 bits per heavy atom. The van der Waals surface area contributed by atoms with Crippen LogP contribution in [0.2, 0.25) is 0 Å². The van der Waals surface area contributed by atoms with Crippen molar-refractivity contribution in [3.05, 3.63) is 64.1 Å². The van der Waals surface area contributed by atoms with Gasteiger partial charge >= 0.3 is 5.97 Å². The Balaban J connectivity index is 2.09. The number of benzene rings is 2. The molecule has 1 amide bonds. The zero-order valence-corrected chi connectivity index (χ0v) is 14.5. The fourth-order valence-electron chi connectivity index (χ4n) is 1.89. The van der Waals surface area contributed by atoms with Gasteiger partial charge < -0.3 is 15.2 Å². The lowest BCUT2D eigenvalue weighted by Crippen LogP contribution is -2.13. The van der Waals surface area contributed by atoms with Crippen LogP contribution in [0.25, 0.3) is 6.08 Å². The molecule has 0 bridgehead atoms. The first-order valence-electron chi connectivity index (χ1n) is 7.11. The van der Waals surface area contributed by atoms with Crippen LogP contribution in [0.5, 0.6) is 5.75 Å². The summed E-state index contributed by atoms with van der Waals surface area (Å²) in [7, 11) is 0. The van der Waals surface area contributed by atoms with Crippen LogP contribution < -0.4 is 10.1 Å². The summed E-state index contributed by atoms with van der Waals surface area (Å²) in [4.78, 5) is 22.6. The van der Waals surface area contributed by atoms with Gasteiger partial charge in [-0.1, -0.05) is 34.1 Å². The van der Waals surface area contributed by atoms with E-state index >= 15 is 0 Å². The highest BCUT2D eigenvalue weighted by Gasteiger charge is 2.10. The molecule has 126 valence electrons. The number of hydrogen-bond donors (Lipinski definition) is 2. The Kier molecular flexibility index (Phi) is 6.32. The third-order valence-electron chi connectivity index (χ3n) is 3.00. The summed E-state index contributed by atoms with van der Waals surface area (Å²) in [6, 6.07) is 15.3. The van der Waals surface area contributed by atoms with Crippen LogP contribution in [-0.2, 0) is 9.59 Å². The summed E-state index contributed by atoms with van der Waals surface area (Å²) in [6.45, 7) is -0.437. The molecule has 6 nitrogen and oxygen atoms in total. The van der Waals surface area contributed by atoms with Crippen molar-refractivity contribution in [3.8, 4) is 11.8 Å². The molecule has 0 aliphatic rings. The van der Waals surface area contributed by atoms with E-state index in [-0.39, 0.29) is 5.57 Å². The Labute approximate surface area is 152 Å².